The number of rotatable bonds is 2. The van der Waals surface area contributed by atoms with Crippen LogP contribution in [0.25, 0.3) is 0 Å². The van der Waals surface area contributed by atoms with Gasteiger partial charge in [-0.3, -0.25) is 4.79 Å². The molecule has 0 spiro atoms. The molecule has 1 aliphatic carbocycles. The van der Waals surface area contributed by atoms with Gasteiger partial charge in [0.2, 0.25) is 0 Å². The topological polar surface area (TPSA) is 55.8 Å². The summed E-state index contributed by atoms with van der Waals surface area (Å²) in [5.41, 5.74) is 1.14. The monoisotopic (exact) mass is 262 g/mol. The molecule has 0 aromatic heterocycles. The molecule has 1 fully saturated rings. The van der Waals surface area contributed by atoms with Crippen LogP contribution in [0.2, 0.25) is 0 Å². The molecular formula is C15H18O4. The molecule has 0 unspecified atom stereocenters. The average molecular weight is 262 g/mol. The smallest absolute Gasteiger partial charge is 0.314 e. The van der Waals surface area contributed by atoms with Crippen LogP contribution in [-0.4, -0.2) is 17.9 Å². The van der Waals surface area contributed by atoms with Crippen molar-refractivity contribution in [3.8, 4) is 5.75 Å². The summed E-state index contributed by atoms with van der Waals surface area (Å²) in [5.74, 6) is 0.0640. The first kappa shape index (κ1) is 12.5. The van der Waals surface area contributed by atoms with Crippen LogP contribution in [0.15, 0.2) is 18.2 Å². The van der Waals surface area contributed by atoms with Gasteiger partial charge in [-0.1, -0.05) is 31.4 Å². The van der Waals surface area contributed by atoms with Gasteiger partial charge in [0.25, 0.3) is 0 Å². The highest BCUT2D eigenvalue weighted by Gasteiger charge is 2.41. The fraction of sp³-hybridized carbons (Fsp3) is 0.533. The molecule has 1 aliphatic heterocycles. The van der Waals surface area contributed by atoms with E-state index in [0.717, 1.165) is 49.0 Å². The second-order valence-electron chi connectivity index (χ2n) is 5.38. The summed E-state index contributed by atoms with van der Waals surface area (Å²) in [4.78, 5) is 11.8. The Labute approximate surface area is 112 Å². The number of aliphatic carboxylic acids is 1. The normalized spacial score (nSPS) is 21.3. The van der Waals surface area contributed by atoms with Crippen molar-refractivity contribution in [2.24, 2.45) is 0 Å². The van der Waals surface area contributed by atoms with Crippen molar-refractivity contribution in [1.29, 1.82) is 0 Å². The van der Waals surface area contributed by atoms with Crippen molar-refractivity contribution in [2.75, 3.05) is 6.79 Å². The van der Waals surface area contributed by atoms with Gasteiger partial charge in [-0.2, -0.15) is 0 Å². The predicted octanol–water partition coefficient (Wildman–Crippen LogP) is 2.84. The van der Waals surface area contributed by atoms with Crippen molar-refractivity contribution < 1.29 is 19.4 Å². The molecule has 2 aliphatic rings. The van der Waals surface area contributed by atoms with Crippen LogP contribution >= 0.6 is 0 Å². The van der Waals surface area contributed by atoms with Gasteiger partial charge in [0.15, 0.2) is 6.79 Å². The van der Waals surface area contributed by atoms with Crippen LogP contribution in [0.4, 0.5) is 0 Å². The quantitative estimate of drug-likeness (QED) is 0.890. The van der Waals surface area contributed by atoms with E-state index in [-0.39, 0.29) is 6.79 Å². The first-order chi connectivity index (χ1) is 9.22. The Morgan fingerprint density at radius 2 is 2.00 bits per heavy atom. The summed E-state index contributed by atoms with van der Waals surface area (Å²) in [6, 6.07) is 5.76. The number of carboxylic acid groups (broad SMARTS) is 1. The second kappa shape index (κ2) is 4.85. The van der Waals surface area contributed by atoms with E-state index in [4.69, 9.17) is 9.47 Å². The van der Waals surface area contributed by atoms with E-state index >= 15 is 0 Å². The minimum Gasteiger partial charge on any atom is -0.481 e. The molecule has 0 amide bonds. The van der Waals surface area contributed by atoms with E-state index in [1.54, 1.807) is 0 Å². The van der Waals surface area contributed by atoms with Crippen molar-refractivity contribution >= 4 is 5.97 Å². The van der Waals surface area contributed by atoms with E-state index in [2.05, 4.69) is 0 Å². The molecule has 1 aromatic rings. The van der Waals surface area contributed by atoms with Gasteiger partial charge in [0, 0.05) is 5.56 Å². The van der Waals surface area contributed by atoms with Gasteiger partial charge in [0.05, 0.1) is 12.0 Å². The van der Waals surface area contributed by atoms with Crippen molar-refractivity contribution in [2.45, 2.75) is 44.1 Å². The molecule has 1 heterocycles. The largest absolute Gasteiger partial charge is 0.481 e. The molecule has 0 atom stereocenters. The first-order valence-electron chi connectivity index (χ1n) is 6.80. The highest BCUT2D eigenvalue weighted by Crippen LogP contribution is 2.41. The van der Waals surface area contributed by atoms with Gasteiger partial charge >= 0.3 is 5.97 Å². The Balaban J connectivity index is 2.01. The Bertz CT molecular complexity index is 489. The lowest BCUT2D eigenvalue weighted by Gasteiger charge is -2.34. The summed E-state index contributed by atoms with van der Waals surface area (Å²) in [7, 11) is 0. The number of carboxylic acids is 1. The van der Waals surface area contributed by atoms with Crippen molar-refractivity contribution in [3.05, 3.63) is 29.3 Å². The van der Waals surface area contributed by atoms with Gasteiger partial charge < -0.3 is 14.6 Å². The zero-order chi connectivity index (χ0) is 13.3. The molecule has 19 heavy (non-hydrogen) atoms. The minimum atomic E-state index is -0.727. The number of ether oxygens (including phenoxy) is 2. The number of fused-ring (bicyclic) bond motifs is 1. The molecule has 4 heteroatoms. The van der Waals surface area contributed by atoms with E-state index in [1.165, 1.54) is 0 Å². The molecule has 3 rings (SSSR count). The van der Waals surface area contributed by atoms with E-state index < -0.39 is 11.4 Å². The second-order valence-corrected chi connectivity index (χ2v) is 5.38. The Kier molecular flexibility index (Phi) is 3.19. The molecule has 0 radical (unpaired) electrons. The van der Waals surface area contributed by atoms with Gasteiger partial charge in [-0.05, 0) is 24.5 Å². The molecule has 0 bridgehead atoms. The molecule has 102 valence electrons. The third kappa shape index (κ3) is 2.10. The van der Waals surface area contributed by atoms with Crippen LogP contribution in [0.5, 0.6) is 5.75 Å². The molecule has 1 aromatic carbocycles. The molecule has 1 saturated carbocycles. The number of hydrogen-bond acceptors (Lipinski definition) is 3. The zero-order valence-electron chi connectivity index (χ0n) is 10.9. The molecule has 4 nitrogen and oxygen atoms in total. The zero-order valence-corrected chi connectivity index (χ0v) is 10.9. The van der Waals surface area contributed by atoms with E-state index in [9.17, 15) is 9.90 Å². The molecule has 0 saturated heterocycles. The lowest BCUT2D eigenvalue weighted by Crippen LogP contribution is -2.37. The Morgan fingerprint density at radius 3 is 2.74 bits per heavy atom. The third-order valence-electron chi connectivity index (χ3n) is 4.29. The standard InChI is InChI=1S/C15H18O4/c16-14(17)15(6-2-1-3-7-15)12-5-4-11-9-18-10-19-13(11)8-12/h4-5,8H,1-3,6-7,9-10H2,(H,16,17). The summed E-state index contributed by atoms with van der Waals surface area (Å²) in [6.07, 6.45) is 4.53. The van der Waals surface area contributed by atoms with Gasteiger partial charge in [-0.15, -0.1) is 0 Å². The highest BCUT2D eigenvalue weighted by molar-refractivity contribution is 5.81. The third-order valence-corrected chi connectivity index (χ3v) is 4.29. The van der Waals surface area contributed by atoms with E-state index in [1.807, 2.05) is 18.2 Å². The van der Waals surface area contributed by atoms with Gasteiger partial charge in [0.1, 0.15) is 5.75 Å². The van der Waals surface area contributed by atoms with Crippen LogP contribution < -0.4 is 4.74 Å². The first-order valence-corrected chi connectivity index (χ1v) is 6.80. The number of benzene rings is 1. The van der Waals surface area contributed by atoms with E-state index in [0.29, 0.717) is 6.61 Å². The predicted molar refractivity (Wildman–Crippen MR) is 69.1 cm³/mol. The summed E-state index contributed by atoms with van der Waals surface area (Å²) < 4.78 is 10.7. The lowest BCUT2D eigenvalue weighted by molar-refractivity contribution is -0.145. The molecule has 1 N–H and O–H groups in total. The summed E-state index contributed by atoms with van der Waals surface area (Å²) in [5, 5.41) is 9.68. The maximum atomic E-state index is 11.8. The summed E-state index contributed by atoms with van der Waals surface area (Å²) >= 11 is 0. The highest BCUT2D eigenvalue weighted by atomic mass is 16.7. The Hall–Kier alpha value is -1.55. The fourth-order valence-electron chi connectivity index (χ4n) is 3.14. The fourth-order valence-corrected chi connectivity index (χ4v) is 3.14. The van der Waals surface area contributed by atoms with Crippen molar-refractivity contribution in [3.63, 3.8) is 0 Å². The van der Waals surface area contributed by atoms with Crippen LogP contribution in [0.1, 0.15) is 43.2 Å². The number of hydrogen-bond donors (Lipinski definition) is 1. The lowest BCUT2D eigenvalue weighted by atomic mass is 9.69. The van der Waals surface area contributed by atoms with Crippen LogP contribution in [0, 0.1) is 0 Å². The van der Waals surface area contributed by atoms with Crippen LogP contribution in [-0.2, 0) is 21.6 Å². The Morgan fingerprint density at radius 1 is 1.21 bits per heavy atom. The average Bonchev–Trinajstić information content (AvgIpc) is 2.47. The maximum Gasteiger partial charge on any atom is 0.314 e. The van der Waals surface area contributed by atoms with Gasteiger partial charge in [-0.25, -0.2) is 0 Å². The van der Waals surface area contributed by atoms with Crippen molar-refractivity contribution in [1.82, 2.24) is 0 Å². The number of carbonyl (C=O) groups is 1. The minimum absolute atomic E-state index is 0.247. The maximum absolute atomic E-state index is 11.8. The SMILES string of the molecule is O=C(O)C1(c2ccc3c(c2)OCOC3)CCCCC1. The van der Waals surface area contributed by atoms with Crippen LogP contribution in [0.3, 0.4) is 0 Å². The molecular weight excluding hydrogens is 244 g/mol. The summed E-state index contributed by atoms with van der Waals surface area (Å²) in [6.45, 7) is 0.784.